The normalized spacial score (nSPS) is 12.9. The number of ether oxygens (including phenoxy) is 1. The molecule has 1 aromatic rings. The van der Waals surface area contributed by atoms with Gasteiger partial charge in [0.05, 0.1) is 19.3 Å². The number of nitrogens with one attached hydrogen (secondary N) is 2. The monoisotopic (exact) mass is 441 g/mol. The Morgan fingerprint density at radius 2 is 2.14 bits per heavy atom. The maximum atomic E-state index is 9.86. The maximum Gasteiger partial charge on any atom is 0.191 e. The van der Waals surface area contributed by atoms with Crippen LogP contribution in [0.15, 0.2) is 22.5 Å². The van der Waals surface area contributed by atoms with Gasteiger partial charge in [-0.2, -0.15) is 0 Å². The fraction of sp³-hybridized carbons (Fsp3) is 0.667. The number of aliphatic imine (C=N–C) groups is 1. The highest BCUT2D eigenvalue weighted by molar-refractivity contribution is 14.0. The summed E-state index contributed by atoms with van der Waals surface area (Å²) in [5.74, 6) is 1.20. The Hall–Kier alpha value is -0.380. The van der Waals surface area contributed by atoms with Crippen molar-refractivity contribution in [3.8, 4) is 0 Å². The van der Waals surface area contributed by atoms with Crippen LogP contribution in [0.4, 0.5) is 0 Å². The predicted octanol–water partition coefficient (Wildman–Crippen LogP) is 2.45. The molecule has 0 amide bonds. The molecule has 1 atom stereocenters. The summed E-state index contributed by atoms with van der Waals surface area (Å²) >= 11 is 1.69. The second-order valence-electron chi connectivity index (χ2n) is 5.24. The molecular weight excluding hydrogens is 413 g/mol. The van der Waals surface area contributed by atoms with E-state index in [-0.39, 0.29) is 24.0 Å². The molecular formula is C15H28IN3O2S. The van der Waals surface area contributed by atoms with Crippen molar-refractivity contribution in [3.63, 3.8) is 0 Å². The van der Waals surface area contributed by atoms with Crippen LogP contribution in [0.2, 0.25) is 0 Å². The van der Waals surface area contributed by atoms with E-state index in [4.69, 9.17) is 4.74 Å². The number of hydrogen-bond donors (Lipinski definition) is 3. The van der Waals surface area contributed by atoms with Gasteiger partial charge in [-0.3, -0.25) is 0 Å². The lowest BCUT2D eigenvalue weighted by Gasteiger charge is -2.16. The largest absolute Gasteiger partial charge is 0.389 e. The van der Waals surface area contributed by atoms with E-state index in [1.807, 2.05) is 18.4 Å². The summed E-state index contributed by atoms with van der Waals surface area (Å²) in [4.78, 5) is 5.71. The molecule has 0 saturated heterocycles. The minimum absolute atomic E-state index is 0. The molecule has 0 spiro atoms. The molecule has 22 heavy (non-hydrogen) atoms. The van der Waals surface area contributed by atoms with Crippen LogP contribution in [0.1, 0.15) is 25.6 Å². The van der Waals surface area contributed by atoms with E-state index in [9.17, 15) is 5.11 Å². The summed E-state index contributed by atoms with van der Waals surface area (Å²) in [6, 6.07) is 4.08. The van der Waals surface area contributed by atoms with Gasteiger partial charge in [0.15, 0.2) is 5.96 Å². The number of aliphatic hydroxyl groups excluding tert-OH is 1. The van der Waals surface area contributed by atoms with Gasteiger partial charge in [0.1, 0.15) is 0 Å². The van der Waals surface area contributed by atoms with Crippen molar-refractivity contribution < 1.29 is 9.84 Å². The molecule has 0 aliphatic heterocycles. The first-order valence-electron chi connectivity index (χ1n) is 7.42. The zero-order chi connectivity index (χ0) is 15.5. The van der Waals surface area contributed by atoms with Gasteiger partial charge in [-0.1, -0.05) is 19.9 Å². The summed E-state index contributed by atoms with van der Waals surface area (Å²) < 4.78 is 5.42. The lowest BCUT2D eigenvalue weighted by molar-refractivity contribution is 0.0280. The molecule has 1 rings (SSSR count). The van der Waals surface area contributed by atoms with Gasteiger partial charge in [0.25, 0.3) is 0 Å². The van der Waals surface area contributed by atoms with Gasteiger partial charge >= 0.3 is 0 Å². The summed E-state index contributed by atoms with van der Waals surface area (Å²) in [5.41, 5.74) is 0. The summed E-state index contributed by atoms with van der Waals surface area (Å²) in [5, 5.41) is 18.2. The summed E-state index contributed by atoms with van der Waals surface area (Å²) in [6.07, 6.45) is -0.533. The number of guanidine groups is 1. The molecule has 0 aromatic carbocycles. The highest BCUT2D eigenvalue weighted by atomic mass is 127. The highest BCUT2D eigenvalue weighted by Crippen LogP contribution is 2.09. The summed E-state index contributed by atoms with van der Waals surface area (Å²) in [7, 11) is 0. The lowest BCUT2D eigenvalue weighted by atomic mass is 10.2. The van der Waals surface area contributed by atoms with Gasteiger partial charge in [-0.05, 0) is 24.3 Å². The molecule has 0 aliphatic carbocycles. The number of rotatable bonds is 9. The molecule has 1 unspecified atom stereocenters. The van der Waals surface area contributed by atoms with Crippen LogP contribution in [0, 0.1) is 5.92 Å². The third-order valence-electron chi connectivity index (χ3n) is 2.58. The van der Waals surface area contributed by atoms with E-state index < -0.39 is 6.10 Å². The third-order valence-corrected chi connectivity index (χ3v) is 3.45. The zero-order valence-electron chi connectivity index (χ0n) is 13.5. The van der Waals surface area contributed by atoms with Crippen molar-refractivity contribution >= 4 is 41.3 Å². The van der Waals surface area contributed by atoms with Crippen LogP contribution in [0.25, 0.3) is 0 Å². The van der Waals surface area contributed by atoms with Gasteiger partial charge < -0.3 is 20.5 Å². The minimum Gasteiger partial charge on any atom is -0.389 e. The Labute approximate surface area is 154 Å². The van der Waals surface area contributed by atoms with Crippen LogP contribution in [0.5, 0.6) is 0 Å². The quantitative estimate of drug-likeness (QED) is 0.313. The Morgan fingerprint density at radius 1 is 1.36 bits per heavy atom. The van der Waals surface area contributed by atoms with Crippen LogP contribution < -0.4 is 10.6 Å². The second-order valence-corrected chi connectivity index (χ2v) is 6.27. The first kappa shape index (κ1) is 21.6. The molecule has 3 N–H and O–H groups in total. The minimum atomic E-state index is -0.533. The molecule has 7 heteroatoms. The molecule has 128 valence electrons. The summed E-state index contributed by atoms with van der Waals surface area (Å²) in [6.45, 7) is 9.07. The van der Waals surface area contributed by atoms with Crippen molar-refractivity contribution in [2.75, 3.05) is 26.3 Å². The van der Waals surface area contributed by atoms with E-state index >= 15 is 0 Å². The number of aliphatic hydroxyl groups is 1. The van der Waals surface area contributed by atoms with Crippen molar-refractivity contribution in [2.45, 2.75) is 33.4 Å². The Bertz CT molecular complexity index is 400. The predicted molar refractivity (Wildman–Crippen MR) is 104 cm³/mol. The average Bonchev–Trinajstić information content (AvgIpc) is 2.94. The van der Waals surface area contributed by atoms with E-state index in [0.717, 1.165) is 6.54 Å². The van der Waals surface area contributed by atoms with E-state index in [0.29, 0.717) is 38.2 Å². The van der Waals surface area contributed by atoms with Crippen molar-refractivity contribution in [1.29, 1.82) is 0 Å². The standard InChI is InChI=1S/C15H27N3O2S.HI/c1-4-16-15(18-9-14-6-5-7-21-14)17-8-13(19)11-20-10-12(2)3;/h5-7,12-13,19H,4,8-11H2,1-3H3,(H2,16,17,18);1H. The van der Waals surface area contributed by atoms with Crippen molar-refractivity contribution in [1.82, 2.24) is 10.6 Å². The molecule has 0 aliphatic rings. The third kappa shape index (κ3) is 10.4. The number of hydrogen-bond acceptors (Lipinski definition) is 4. The average molecular weight is 441 g/mol. The molecule has 5 nitrogen and oxygen atoms in total. The first-order valence-corrected chi connectivity index (χ1v) is 8.30. The topological polar surface area (TPSA) is 65.9 Å². The molecule has 0 bridgehead atoms. The van der Waals surface area contributed by atoms with Crippen LogP contribution in [-0.2, 0) is 11.3 Å². The Morgan fingerprint density at radius 3 is 2.73 bits per heavy atom. The lowest BCUT2D eigenvalue weighted by Crippen LogP contribution is -2.42. The molecule has 0 radical (unpaired) electrons. The van der Waals surface area contributed by atoms with E-state index in [1.165, 1.54) is 4.88 Å². The van der Waals surface area contributed by atoms with E-state index in [2.05, 4.69) is 35.5 Å². The second kappa shape index (κ2) is 13.1. The van der Waals surface area contributed by atoms with Crippen LogP contribution in [0.3, 0.4) is 0 Å². The van der Waals surface area contributed by atoms with Gasteiger partial charge in [0.2, 0.25) is 0 Å². The number of thiophene rings is 1. The number of nitrogens with zero attached hydrogens (tertiary/aromatic N) is 1. The fourth-order valence-corrected chi connectivity index (χ4v) is 2.24. The van der Waals surface area contributed by atoms with Crippen LogP contribution in [-0.4, -0.2) is 43.5 Å². The van der Waals surface area contributed by atoms with Gasteiger partial charge in [-0.25, -0.2) is 4.99 Å². The molecule has 0 fully saturated rings. The molecule has 1 aromatic heterocycles. The first-order chi connectivity index (χ1) is 10.1. The van der Waals surface area contributed by atoms with E-state index in [1.54, 1.807) is 11.3 Å². The Balaban J connectivity index is 0.00000441. The molecule has 1 heterocycles. The zero-order valence-corrected chi connectivity index (χ0v) is 16.7. The maximum absolute atomic E-state index is 9.86. The SMILES string of the molecule is CCNC(=NCc1cccs1)NCC(O)COCC(C)C.I. The van der Waals surface area contributed by atoms with Crippen molar-refractivity contribution in [2.24, 2.45) is 10.9 Å². The smallest absolute Gasteiger partial charge is 0.191 e. The van der Waals surface area contributed by atoms with Gasteiger partial charge in [-0.15, -0.1) is 35.3 Å². The number of halogens is 1. The molecule has 0 saturated carbocycles. The highest BCUT2D eigenvalue weighted by Gasteiger charge is 2.06. The van der Waals surface area contributed by atoms with Crippen LogP contribution >= 0.6 is 35.3 Å². The Kier molecular flexibility index (Phi) is 12.9. The van der Waals surface area contributed by atoms with Crippen molar-refractivity contribution in [3.05, 3.63) is 22.4 Å². The van der Waals surface area contributed by atoms with Gasteiger partial charge in [0, 0.05) is 24.6 Å². The fourth-order valence-electron chi connectivity index (χ4n) is 1.61.